The molecule has 2 aromatic rings. The molecule has 3 nitrogen and oxygen atoms in total. The number of hydrogen-bond acceptors (Lipinski definition) is 2. The first-order chi connectivity index (χ1) is 11.0. The molecule has 2 rings (SSSR count). The van der Waals surface area contributed by atoms with E-state index < -0.39 is 0 Å². The van der Waals surface area contributed by atoms with E-state index in [1.165, 1.54) is 0 Å². The standard InChI is InChI=1S/C20H24N2O/c1-14(2)21-20(22-15(3)4)11-7-16-6-8-18-13-19(23-5)10-9-17(18)12-16/h6,8-10,12-15H,1-5H3,(H,21,22). The largest absolute Gasteiger partial charge is 0.497 e. The van der Waals surface area contributed by atoms with Crippen molar-refractivity contribution in [2.45, 2.75) is 39.8 Å². The van der Waals surface area contributed by atoms with Crippen LogP contribution in [0.4, 0.5) is 0 Å². The molecule has 0 atom stereocenters. The van der Waals surface area contributed by atoms with E-state index in [9.17, 15) is 0 Å². The van der Waals surface area contributed by atoms with Crippen molar-refractivity contribution >= 4 is 16.6 Å². The second kappa shape index (κ2) is 7.69. The summed E-state index contributed by atoms with van der Waals surface area (Å²) in [5, 5.41) is 5.59. The molecular weight excluding hydrogens is 284 g/mol. The summed E-state index contributed by atoms with van der Waals surface area (Å²) in [6, 6.07) is 12.7. The molecule has 0 unspecified atom stereocenters. The Bertz CT molecular complexity index is 764. The molecule has 0 spiro atoms. The third-order valence-electron chi connectivity index (χ3n) is 3.19. The second-order valence-corrected chi connectivity index (χ2v) is 6.05. The monoisotopic (exact) mass is 308 g/mol. The van der Waals surface area contributed by atoms with E-state index in [2.05, 4.69) is 54.2 Å². The molecule has 0 aliphatic rings. The van der Waals surface area contributed by atoms with Gasteiger partial charge in [-0.05, 0) is 68.7 Å². The number of fused-ring (bicyclic) bond motifs is 1. The van der Waals surface area contributed by atoms with Gasteiger partial charge < -0.3 is 10.1 Å². The SMILES string of the molecule is COc1ccc2cc(C#CC(=NC(C)C)NC(C)C)ccc2c1. The molecule has 0 heterocycles. The summed E-state index contributed by atoms with van der Waals surface area (Å²) < 4.78 is 5.25. The van der Waals surface area contributed by atoms with Crippen LogP contribution in [0.1, 0.15) is 33.3 Å². The van der Waals surface area contributed by atoms with Gasteiger partial charge in [-0.3, -0.25) is 4.99 Å². The molecule has 0 bridgehead atoms. The number of rotatable bonds is 3. The lowest BCUT2D eigenvalue weighted by molar-refractivity contribution is 0.415. The molecule has 23 heavy (non-hydrogen) atoms. The van der Waals surface area contributed by atoms with E-state index in [1.807, 2.05) is 32.0 Å². The van der Waals surface area contributed by atoms with Gasteiger partial charge in [-0.1, -0.05) is 18.1 Å². The lowest BCUT2D eigenvalue weighted by atomic mass is 10.1. The summed E-state index contributed by atoms with van der Waals surface area (Å²) in [7, 11) is 1.68. The first kappa shape index (κ1) is 16.9. The first-order valence-electron chi connectivity index (χ1n) is 7.92. The van der Waals surface area contributed by atoms with Gasteiger partial charge in [0.1, 0.15) is 5.75 Å². The zero-order valence-corrected chi connectivity index (χ0v) is 14.5. The highest BCUT2D eigenvalue weighted by molar-refractivity contribution is 5.99. The summed E-state index contributed by atoms with van der Waals surface area (Å²) >= 11 is 0. The quantitative estimate of drug-likeness (QED) is 0.528. The number of methoxy groups -OCH3 is 1. The van der Waals surface area contributed by atoms with Gasteiger partial charge in [0.05, 0.1) is 7.11 Å². The Morgan fingerprint density at radius 2 is 1.74 bits per heavy atom. The van der Waals surface area contributed by atoms with Crippen LogP contribution in [0.25, 0.3) is 10.8 Å². The molecule has 0 saturated carbocycles. The highest BCUT2D eigenvalue weighted by atomic mass is 16.5. The van der Waals surface area contributed by atoms with E-state index >= 15 is 0 Å². The van der Waals surface area contributed by atoms with Gasteiger partial charge in [-0.25, -0.2) is 0 Å². The van der Waals surface area contributed by atoms with E-state index in [0.29, 0.717) is 6.04 Å². The van der Waals surface area contributed by atoms with Gasteiger partial charge in [0.25, 0.3) is 0 Å². The number of aliphatic imine (C=N–C) groups is 1. The van der Waals surface area contributed by atoms with Crippen molar-refractivity contribution in [2.75, 3.05) is 7.11 Å². The summed E-state index contributed by atoms with van der Waals surface area (Å²) in [4.78, 5) is 4.53. The van der Waals surface area contributed by atoms with E-state index in [-0.39, 0.29) is 6.04 Å². The van der Waals surface area contributed by atoms with Crippen molar-refractivity contribution in [3.8, 4) is 17.6 Å². The fourth-order valence-electron chi connectivity index (χ4n) is 2.20. The number of nitrogens with one attached hydrogen (secondary N) is 1. The van der Waals surface area contributed by atoms with Crippen LogP contribution in [0.15, 0.2) is 41.4 Å². The Balaban J connectivity index is 2.30. The molecule has 1 N–H and O–H groups in total. The van der Waals surface area contributed by atoms with Crippen molar-refractivity contribution in [1.82, 2.24) is 5.32 Å². The van der Waals surface area contributed by atoms with Crippen LogP contribution in [0.2, 0.25) is 0 Å². The van der Waals surface area contributed by atoms with Crippen molar-refractivity contribution < 1.29 is 4.74 Å². The van der Waals surface area contributed by atoms with Crippen LogP contribution >= 0.6 is 0 Å². The zero-order valence-electron chi connectivity index (χ0n) is 14.5. The maximum absolute atomic E-state index is 5.25. The number of ether oxygens (including phenoxy) is 1. The Hall–Kier alpha value is -2.47. The molecule has 0 amide bonds. The third-order valence-corrected chi connectivity index (χ3v) is 3.19. The van der Waals surface area contributed by atoms with Gasteiger partial charge in [-0.15, -0.1) is 0 Å². The van der Waals surface area contributed by atoms with Crippen molar-refractivity contribution in [2.24, 2.45) is 4.99 Å². The Labute approximate surface area is 138 Å². The van der Waals surface area contributed by atoms with Crippen LogP contribution in [-0.2, 0) is 0 Å². The van der Waals surface area contributed by atoms with Crippen molar-refractivity contribution in [1.29, 1.82) is 0 Å². The smallest absolute Gasteiger partial charge is 0.174 e. The van der Waals surface area contributed by atoms with Crippen LogP contribution < -0.4 is 10.1 Å². The minimum absolute atomic E-state index is 0.217. The van der Waals surface area contributed by atoms with Crippen LogP contribution in [-0.4, -0.2) is 25.0 Å². The number of benzene rings is 2. The minimum Gasteiger partial charge on any atom is -0.497 e. The lowest BCUT2D eigenvalue weighted by Gasteiger charge is -2.09. The Morgan fingerprint density at radius 1 is 1.04 bits per heavy atom. The van der Waals surface area contributed by atoms with Gasteiger partial charge in [0, 0.05) is 17.6 Å². The average Bonchev–Trinajstić information content (AvgIpc) is 2.50. The lowest BCUT2D eigenvalue weighted by Crippen LogP contribution is -2.30. The maximum atomic E-state index is 5.25. The molecule has 0 fully saturated rings. The highest BCUT2D eigenvalue weighted by Crippen LogP contribution is 2.21. The summed E-state index contributed by atoms with van der Waals surface area (Å²) in [6.45, 7) is 8.27. The average molecular weight is 308 g/mol. The predicted molar refractivity (Wildman–Crippen MR) is 98.2 cm³/mol. The minimum atomic E-state index is 0.217. The normalized spacial score (nSPS) is 11.5. The van der Waals surface area contributed by atoms with Gasteiger partial charge in [-0.2, -0.15) is 0 Å². The fourth-order valence-corrected chi connectivity index (χ4v) is 2.20. The molecule has 0 aliphatic heterocycles. The van der Waals surface area contributed by atoms with E-state index in [1.54, 1.807) is 7.11 Å². The third kappa shape index (κ3) is 5.03. The molecule has 0 saturated heterocycles. The zero-order chi connectivity index (χ0) is 16.8. The molecule has 0 aromatic heterocycles. The van der Waals surface area contributed by atoms with Crippen LogP contribution in [0.3, 0.4) is 0 Å². The molecule has 2 aromatic carbocycles. The second-order valence-electron chi connectivity index (χ2n) is 6.05. The van der Waals surface area contributed by atoms with Gasteiger partial charge >= 0.3 is 0 Å². The van der Waals surface area contributed by atoms with Gasteiger partial charge in [0.15, 0.2) is 5.84 Å². The molecule has 120 valence electrons. The predicted octanol–water partition coefficient (Wildman–Crippen LogP) is 4.00. The van der Waals surface area contributed by atoms with Gasteiger partial charge in [0.2, 0.25) is 0 Å². The first-order valence-corrected chi connectivity index (χ1v) is 7.92. The van der Waals surface area contributed by atoms with Crippen molar-refractivity contribution in [3.63, 3.8) is 0 Å². The summed E-state index contributed by atoms with van der Waals surface area (Å²) in [6.07, 6.45) is 0. The fraction of sp³-hybridized carbons (Fsp3) is 0.350. The van der Waals surface area contributed by atoms with E-state index in [0.717, 1.165) is 27.9 Å². The number of amidine groups is 1. The summed E-state index contributed by atoms with van der Waals surface area (Å²) in [5.74, 6) is 7.96. The maximum Gasteiger partial charge on any atom is 0.174 e. The van der Waals surface area contributed by atoms with Crippen molar-refractivity contribution in [3.05, 3.63) is 42.0 Å². The Kier molecular flexibility index (Phi) is 5.65. The Morgan fingerprint density at radius 3 is 2.39 bits per heavy atom. The summed E-state index contributed by atoms with van der Waals surface area (Å²) in [5.41, 5.74) is 0.977. The number of nitrogens with zero attached hydrogens (tertiary/aromatic N) is 1. The molecular formula is C20H24N2O. The topological polar surface area (TPSA) is 33.6 Å². The molecule has 0 aliphatic carbocycles. The van der Waals surface area contributed by atoms with E-state index in [4.69, 9.17) is 4.74 Å². The highest BCUT2D eigenvalue weighted by Gasteiger charge is 2.00. The van der Waals surface area contributed by atoms with Crippen LogP contribution in [0.5, 0.6) is 5.75 Å². The molecule has 0 radical (unpaired) electrons. The van der Waals surface area contributed by atoms with Crippen LogP contribution in [0, 0.1) is 11.8 Å². The molecule has 3 heteroatoms. The number of hydrogen-bond donors (Lipinski definition) is 1.